The van der Waals surface area contributed by atoms with Crippen LogP contribution in [0.15, 0.2) is 0 Å². The molecule has 0 unspecified atom stereocenters. The maximum atomic E-state index is 12.5. The van der Waals surface area contributed by atoms with E-state index < -0.39 is 42.7 Å². The lowest BCUT2D eigenvalue weighted by molar-refractivity contribution is -0.141. The highest BCUT2D eigenvalue weighted by Crippen LogP contribution is 2.31. The first-order chi connectivity index (χ1) is 10.7. The van der Waals surface area contributed by atoms with Crippen molar-refractivity contribution in [2.75, 3.05) is 13.1 Å². The minimum atomic E-state index is -4.53. The molecular formula is C14H20F3N3O3. The summed E-state index contributed by atoms with van der Waals surface area (Å²) in [5, 5.41) is 4.32. The standard InChI is InChI=1S/C14H20F3N3O3/c15-14(16,17)9-18-10(21)8-20-11(22)13(19-12(20)23)6-4-2-1-3-5-7-13/h1-9H2,(H,18,21)(H,19,23). The van der Waals surface area contributed by atoms with Gasteiger partial charge in [-0.05, 0) is 12.8 Å². The number of hydrogen-bond donors (Lipinski definition) is 2. The molecule has 0 atom stereocenters. The van der Waals surface area contributed by atoms with Crippen molar-refractivity contribution in [1.82, 2.24) is 15.5 Å². The van der Waals surface area contributed by atoms with Gasteiger partial charge in [-0.2, -0.15) is 13.2 Å². The molecular weight excluding hydrogens is 315 g/mol. The van der Waals surface area contributed by atoms with Crippen molar-refractivity contribution in [2.24, 2.45) is 0 Å². The van der Waals surface area contributed by atoms with Gasteiger partial charge in [-0.3, -0.25) is 14.5 Å². The van der Waals surface area contributed by atoms with Gasteiger partial charge in [0.15, 0.2) is 0 Å². The summed E-state index contributed by atoms with van der Waals surface area (Å²) in [6.07, 6.45) is 1.07. The Morgan fingerprint density at radius 1 is 1.13 bits per heavy atom. The Hall–Kier alpha value is -1.80. The van der Waals surface area contributed by atoms with E-state index in [0.29, 0.717) is 17.7 Å². The van der Waals surface area contributed by atoms with Crippen LogP contribution in [0.25, 0.3) is 0 Å². The van der Waals surface area contributed by atoms with Crippen LogP contribution in [-0.2, 0) is 9.59 Å². The van der Waals surface area contributed by atoms with E-state index >= 15 is 0 Å². The summed E-state index contributed by atoms with van der Waals surface area (Å²) in [6.45, 7) is -2.18. The number of imide groups is 1. The normalized spacial score (nSPS) is 21.8. The molecule has 1 aliphatic heterocycles. The smallest absolute Gasteiger partial charge is 0.345 e. The fraction of sp³-hybridized carbons (Fsp3) is 0.786. The van der Waals surface area contributed by atoms with Gasteiger partial charge in [0.05, 0.1) is 0 Å². The minimum Gasteiger partial charge on any atom is -0.345 e. The zero-order chi connectivity index (χ0) is 17.1. The van der Waals surface area contributed by atoms with Crippen molar-refractivity contribution in [3.8, 4) is 0 Å². The lowest BCUT2D eigenvalue weighted by Gasteiger charge is -2.28. The molecule has 1 aliphatic carbocycles. The Kier molecular flexibility index (Phi) is 5.16. The van der Waals surface area contributed by atoms with Crippen molar-refractivity contribution < 1.29 is 27.6 Å². The number of hydrogen-bond acceptors (Lipinski definition) is 3. The van der Waals surface area contributed by atoms with Crippen molar-refractivity contribution in [1.29, 1.82) is 0 Å². The Morgan fingerprint density at radius 2 is 1.70 bits per heavy atom. The molecule has 2 rings (SSSR count). The van der Waals surface area contributed by atoms with Crippen molar-refractivity contribution in [3.05, 3.63) is 0 Å². The zero-order valence-electron chi connectivity index (χ0n) is 12.7. The van der Waals surface area contributed by atoms with E-state index in [2.05, 4.69) is 5.32 Å². The van der Waals surface area contributed by atoms with E-state index in [-0.39, 0.29) is 0 Å². The maximum Gasteiger partial charge on any atom is 0.405 e. The van der Waals surface area contributed by atoms with Gasteiger partial charge in [0, 0.05) is 0 Å². The second-order valence-corrected chi connectivity index (χ2v) is 6.06. The molecule has 9 heteroatoms. The molecule has 2 aliphatic rings. The predicted molar refractivity (Wildman–Crippen MR) is 74.4 cm³/mol. The van der Waals surface area contributed by atoms with Crippen LogP contribution in [0.2, 0.25) is 0 Å². The monoisotopic (exact) mass is 335 g/mol. The number of amides is 4. The van der Waals surface area contributed by atoms with Crippen LogP contribution in [0, 0.1) is 0 Å². The summed E-state index contributed by atoms with van der Waals surface area (Å²) in [6, 6.07) is -0.710. The third-order valence-electron chi connectivity index (χ3n) is 4.24. The van der Waals surface area contributed by atoms with Gasteiger partial charge < -0.3 is 10.6 Å². The third-order valence-corrected chi connectivity index (χ3v) is 4.24. The highest BCUT2D eigenvalue weighted by atomic mass is 19.4. The van der Waals surface area contributed by atoms with Crippen LogP contribution in [0.4, 0.5) is 18.0 Å². The third kappa shape index (κ3) is 4.35. The van der Waals surface area contributed by atoms with Crippen LogP contribution in [0.5, 0.6) is 0 Å². The van der Waals surface area contributed by atoms with E-state index in [1.807, 2.05) is 0 Å². The largest absolute Gasteiger partial charge is 0.405 e. The number of alkyl halides is 3. The van der Waals surface area contributed by atoms with Gasteiger partial charge >= 0.3 is 12.2 Å². The van der Waals surface area contributed by atoms with Crippen LogP contribution in [-0.4, -0.2) is 47.6 Å². The first-order valence-electron chi connectivity index (χ1n) is 7.71. The number of nitrogens with one attached hydrogen (secondary N) is 2. The molecule has 0 aromatic carbocycles. The summed E-state index contributed by atoms with van der Waals surface area (Å²) >= 11 is 0. The van der Waals surface area contributed by atoms with E-state index in [1.165, 1.54) is 0 Å². The van der Waals surface area contributed by atoms with Crippen molar-refractivity contribution >= 4 is 17.8 Å². The van der Waals surface area contributed by atoms with E-state index in [9.17, 15) is 27.6 Å². The highest BCUT2D eigenvalue weighted by Gasteiger charge is 2.50. The fourth-order valence-corrected chi connectivity index (χ4v) is 3.07. The second-order valence-electron chi connectivity index (χ2n) is 6.06. The average molecular weight is 335 g/mol. The highest BCUT2D eigenvalue weighted by molar-refractivity contribution is 6.09. The van der Waals surface area contributed by atoms with Crippen molar-refractivity contribution in [3.63, 3.8) is 0 Å². The molecule has 23 heavy (non-hydrogen) atoms. The molecule has 1 saturated carbocycles. The molecule has 0 aromatic heterocycles. The van der Waals surface area contributed by atoms with Gasteiger partial charge in [0.2, 0.25) is 5.91 Å². The van der Waals surface area contributed by atoms with Crippen LogP contribution in [0.3, 0.4) is 0 Å². The molecule has 1 saturated heterocycles. The number of carbonyl (C=O) groups excluding carboxylic acids is 3. The van der Waals surface area contributed by atoms with Gasteiger partial charge in [0.25, 0.3) is 5.91 Å². The number of rotatable bonds is 3. The SMILES string of the molecule is O=C(CN1C(=O)NC2(CCCCCCC2)C1=O)NCC(F)(F)F. The van der Waals surface area contributed by atoms with Crippen LogP contribution >= 0.6 is 0 Å². The van der Waals surface area contributed by atoms with E-state index in [4.69, 9.17) is 0 Å². The van der Waals surface area contributed by atoms with E-state index in [1.54, 1.807) is 5.32 Å². The molecule has 2 fully saturated rings. The molecule has 0 radical (unpaired) electrons. The number of urea groups is 1. The number of carbonyl (C=O) groups is 3. The van der Waals surface area contributed by atoms with Gasteiger partial charge in [0.1, 0.15) is 18.6 Å². The maximum absolute atomic E-state index is 12.5. The predicted octanol–water partition coefficient (Wildman–Crippen LogP) is 1.70. The lowest BCUT2D eigenvalue weighted by Crippen LogP contribution is -2.48. The number of halogens is 3. The fourth-order valence-electron chi connectivity index (χ4n) is 3.07. The minimum absolute atomic E-state index is 0.498. The summed E-state index contributed by atoms with van der Waals surface area (Å²) in [4.78, 5) is 36.8. The number of nitrogens with zero attached hydrogens (tertiary/aromatic N) is 1. The summed E-state index contributed by atoms with van der Waals surface area (Å²) < 4.78 is 36.2. The summed E-state index contributed by atoms with van der Waals surface area (Å²) in [5.41, 5.74) is -0.998. The van der Waals surface area contributed by atoms with Crippen molar-refractivity contribution in [2.45, 2.75) is 56.7 Å². The Morgan fingerprint density at radius 3 is 2.26 bits per heavy atom. The topological polar surface area (TPSA) is 78.5 Å². The summed E-state index contributed by atoms with van der Waals surface area (Å²) in [7, 11) is 0. The molecule has 6 nitrogen and oxygen atoms in total. The first kappa shape index (κ1) is 17.6. The molecule has 0 aromatic rings. The molecule has 130 valence electrons. The molecule has 1 heterocycles. The first-order valence-corrected chi connectivity index (χ1v) is 7.71. The lowest BCUT2D eigenvalue weighted by atomic mass is 9.84. The Labute approximate surface area is 131 Å². The quantitative estimate of drug-likeness (QED) is 0.771. The molecule has 1 spiro atoms. The second kappa shape index (κ2) is 6.76. The Bertz CT molecular complexity index is 485. The van der Waals surface area contributed by atoms with Crippen LogP contribution in [0.1, 0.15) is 44.9 Å². The van der Waals surface area contributed by atoms with Crippen LogP contribution < -0.4 is 10.6 Å². The van der Waals surface area contributed by atoms with Gasteiger partial charge in [-0.15, -0.1) is 0 Å². The van der Waals surface area contributed by atoms with Gasteiger partial charge in [-0.25, -0.2) is 4.79 Å². The van der Waals surface area contributed by atoms with E-state index in [0.717, 1.165) is 32.1 Å². The zero-order valence-corrected chi connectivity index (χ0v) is 12.7. The van der Waals surface area contributed by atoms with Gasteiger partial charge in [-0.1, -0.05) is 32.1 Å². The summed E-state index contributed by atoms with van der Waals surface area (Å²) in [5.74, 6) is -1.51. The Balaban J connectivity index is 1.99. The molecule has 2 N–H and O–H groups in total. The molecule has 4 amide bonds. The molecule has 0 bridgehead atoms. The average Bonchev–Trinajstić information content (AvgIpc) is 2.65.